The third-order valence-electron chi connectivity index (χ3n) is 3.10. The Labute approximate surface area is 111 Å². The van der Waals surface area contributed by atoms with Crippen molar-refractivity contribution in [2.45, 2.75) is 23.5 Å². The molecule has 2 atom stereocenters. The minimum atomic E-state index is -0.427. The number of aliphatic hydroxyl groups excluding tert-OH is 1. The number of carbonyl (C=O) groups is 1. The number of nitrogens with two attached hydrogens (primary N) is 1. The summed E-state index contributed by atoms with van der Waals surface area (Å²) >= 11 is 1.75. The van der Waals surface area contributed by atoms with Crippen LogP contribution in [0.4, 0.5) is 0 Å². The third kappa shape index (κ3) is 3.48. The van der Waals surface area contributed by atoms with Crippen LogP contribution >= 0.6 is 11.8 Å². The van der Waals surface area contributed by atoms with Gasteiger partial charge in [0.05, 0.1) is 12.1 Å². The average Bonchev–Trinajstić information content (AvgIpc) is 2.72. The molecule has 1 aliphatic heterocycles. The summed E-state index contributed by atoms with van der Waals surface area (Å²) in [6.45, 7) is 1.31. The molecular formula is C13H18N2O2S. The highest BCUT2D eigenvalue weighted by Crippen LogP contribution is 2.21. The van der Waals surface area contributed by atoms with Crippen molar-refractivity contribution in [2.75, 3.05) is 18.8 Å². The number of primary amides is 1. The van der Waals surface area contributed by atoms with E-state index in [1.807, 2.05) is 23.1 Å². The molecule has 0 radical (unpaired) electrons. The highest BCUT2D eigenvalue weighted by Gasteiger charge is 2.34. The zero-order valence-electron chi connectivity index (χ0n) is 10.2. The van der Waals surface area contributed by atoms with Gasteiger partial charge in [0.1, 0.15) is 0 Å². The van der Waals surface area contributed by atoms with Crippen molar-refractivity contribution in [1.82, 2.24) is 4.90 Å². The largest absolute Gasteiger partial charge is 0.392 e. The topological polar surface area (TPSA) is 66.6 Å². The van der Waals surface area contributed by atoms with Gasteiger partial charge in [-0.2, -0.15) is 0 Å². The number of nitrogens with zero attached hydrogens (tertiary/aromatic N) is 1. The van der Waals surface area contributed by atoms with Gasteiger partial charge in [0.25, 0.3) is 0 Å². The molecule has 1 aliphatic rings. The van der Waals surface area contributed by atoms with E-state index in [0.717, 1.165) is 12.3 Å². The van der Waals surface area contributed by atoms with Gasteiger partial charge in [-0.25, -0.2) is 0 Å². The van der Waals surface area contributed by atoms with Crippen LogP contribution in [-0.4, -0.2) is 46.9 Å². The predicted octanol–water partition coefficient (Wildman–Crippen LogP) is 0.699. The zero-order valence-corrected chi connectivity index (χ0v) is 11.0. The lowest BCUT2D eigenvalue weighted by atomic mass is 10.2. The molecule has 1 amide bonds. The summed E-state index contributed by atoms with van der Waals surface area (Å²) in [6, 6.07) is 9.83. The number of β-amino-alcohol motifs (C(OH)–C–C–N with tert-alkyl or cyclic N) is 1. The van der Waals surface area contributed by atoms with Crippen LogP contribution < -0.4 is 5.73 Å². The van der Waals surface area contributed by atoms with E-state index in [2.05, 4.69) is 12.1 Å². The van der Waals surface area contributed by atoms with E-state index in [1.165, 1.54) is 4.90 Å². The predicted molar refractivity (Wildman–Crippen MR) is 72.3 cm³/mol. The van der Waals surface area contributed by atoms with Gasteiger partial charge in [0.2, 0.25) is 5.91 Å². The second kappa shape index (κ2) is 6.22. The summed E-state index contributed by atoms with van der Waals surface area (Å²) in [5.74, 6) is 0.553. The molecule has 0 aliphatic carbocycles. The fraction of sp³-hybridized carbons (Fsp3) is 0.462. The molecule has 5 heteroatoms. The summed E-state index contributed by atoms with van der Waals surface area (Å²) in [5, 5.41) is 9.58. The van der Waals surface area contributed by atoms with Gasteiger partial charge in [-0.1, -0.05) is 18.2 Å². The Morgan fingerprint density at radius 3 is 2.83 bits per heavy atom. The maximum atomic E-state index is 11.3. The van der Waals surface area contributed by atoms with Crippen LogP contribution in [-0.2, 0) is 4.79 Å². The van der Waals surface area contributed by atoms with E-state index in [0.29, 0.717) is 13.0 Å². The molecule has 1 fully saturated rings. The lowest BCUT2D eigenvalue weighted by molar-refractivity contribution is -0.122. The highest BCUT2D eigenvalue weighted by atomic mass is 32.2. The Kier molecular flexibility index (Phi) is 4.63. The molecule has 98 valence electrons. The number of carbonyl (C=O) groups excluding carboxylic acids is 1. The Balaban J connectivity index is 1.81. The highest BCUT2D eigenvalue weighted by molar-refractivity contribution is 7.99. The lowest BCUT2D eigenvalue weighted by Gasteiger charge is -2.20. The minimum absolute atomic E-state index is 0.309. The summed E-state index contributed by atoms with van der Waals surface area (Å²) in [4.78, 5) is 14.4. The Morgan fingerprint density at radius 2 is 2.17 bits per heavy atom. The van der Waals surface area contributed by atoms with E-state index in [1.54, 1.807) is 11.8 Å². The first-order chi connectivity index (χ1) is 8.66. The Hall–Kier alpha value is -1.04. The molecule has 0 saturated carbocycles. The summed E-state index contributed by atoms with van der Waals surface area (Å²) in [7, 11) is 0. The second-order valence-electron chi connectivity index (χ2n) is 4.46. The molecule has 3 N–H and O–H groups in total. The van der Waals surface area contributed by atoms with Crippen molar-refractivity contribution < 1.29 is 9.90 Å². The van der Waals surface area contributed by atoms with Crippen molar-refractivity contribution in [3.63, 3.8) is 0 Å². The molecule has 1 aromatic carbocycles. The van der Waals surface area contributed by atoms with Crippen LogP contribution in [0.15, 0.2) is 35.2 Å². The SMILES string of the molecule is NC(=O)C1CC(O)CN1CCSc1ccccc1. The van der Waals surface area contributed by atoms with Gasteiger partial charge in [-0.3, -0.25) is 9.69 Å². The van der Waals surface area contributed by atoms with Crippen molar-refractivity contribution in [3.8, 4) is 0 Å². The number of hydrogen-bond acceptors (Lipinski definition) is 4. The summed E-state index contributed by atoms with van der Waals surface area (Å²) < 4.78 is 0. The molecule has 2 rings (SSSR count). The van der Waals surface area contributed by atoms with Gasteiger partial charge >= 0.3 is 0 Å². The quantitative estimate of drug-likeness (QED) is 0.770. The van der Waals surface area contributed by atoms with Crippen molar-refractivity contribution in [1.29, 1.82) is 0 Å². The monoisotopic (exact) mass is 266 g/mol. The third-order valence-corrected chi connectivity index (χ3v) is 4.09. The zero-order chi connectivity index (χ0) is 13.0. The first kappa shape index (κ1) is 13.4. The maximum Gasteiger partial charge on any atom is 0.234 e. The molecule has 1 aromatic rings. The van der Waals surface area contributed by atoms with Gasteiger partial charge in [0, 0.05) is 23.7 Å². The second-order valence-corrected chi connectivity index (χ2v) is 5.63. The Bertz CT molecular complexity index is 399. The van der Waals surface area contributed by atoms with Gasteiger partial charge in [0.15, 0.2) is 0 Å². The molecular weight excluding hydrogens is 248 g/mol. The molecule has 0 spiro atoms. The fourth-order valence-electron chi connectivity index (χ4n) is 2.22. The molecule has 1 saturated heterocycles. The van der Waals surface area contributed by atoms with Crippen LogP contribution in [0.2, 0.25) is 0 Å². The van der Waals surface area contributed by atoms with Crippen LogP contribution in [0.1, 0.15) is 6.42 Å². The van der Waals surface area contributed by atoms with E-state index < -0.39 is 6.10 Å². The van der Waals surface area contributed by atoms with Crippen LogP contribution in [0.3, 0.4) is 0 Å². The van der Waals surface area contributed by atoms with Gasteiger partial charge in [-0.05, 0) is 18.6 Å². The first-order valence-electron chi connectivity index (χ1n) is 6.06. The van der Waals surface area contributed by atoms with E-state index in [-0.39, 0.29) is 11.9 Å². The number of amides is 1. The number of benzene rings is 1. The fourth-order valence-corrected chi connectivity index (χ4v) is 3.13. The first-order valence-corrected chi connectivity index (χ1v) is 7.04. The number of thioether (sulfide) groups is 1. The van der Waals surface area contributed by atoms with E-state index in [4.69, 9.17) is 5.73 Å². The molecule has 4 nitrogen and oxygen atoms in total. The Morgan fingerprint density at radius 1 is 1.44 bits per heavy atom. The standard InChI is InChI=1S/C13H18N2O2S/c14-13(17)12-8-10(16)9-15(12)6-7-18-11-4-2-1-3-5-11/h1-5,10,12,16H,6-9H2,(H2,14,17). The molecule has 1 heterocycles. The normalized spacial score (nSPS) is 24.3. The number of likely N-dealkylation sites (tertiary alicyclic amines) is 1. The molecule has 2 unspecified atom stereocenters. The summed E-state index contributed by atoms with van der Waals surface area (Å²) in [6.07, 6.45) is 0.0370. The number of aliphatic hydroxyl groups is 1. The van der Waals surface area contributed by atoms with Crippen molar-refractivity contribution >= 4 is 17.7 Å². The van der Waals surface area contributed by atoms with E-state index >= 15 is 0 Å². The summed E-state index contributed by atoms with van der Waals surface area (Å²) in [5.41, 5.74) is 5.33. The molecule has 18 heavy (non-hydrogen) atoms. The molecule has 0 aromatic heterocycles. The lowest BCUT2D eigenvalue weighted by Crippen LogP contribution is -2.41. The number of hydrogen-bond donors (Lipinski definition) is 2. The van der Waals surface area contributed by atoms with Crippen LogP contribution in [0.25, 0.3) is 0 Å². The van der Waals surface area contributed by atoms with Gasteiger partial charge in [-0.15, -0.1) is 11.8 Å². The number of rotatable bonds is 5. The minimum Gasteiger partial charge on any atom is -0.392 e. The van der Waals surface area contributed by atoms with Gasteiger partial charge < -0.3 is 10.8 Å². The average molecular weight is 266 g/mol. The smallest absolute Gasteiger partial charge is 0.234 e. The van der Waals surface area contributed by atoms with Crippen molar-refractivity contribution in [2.24, 2.45) is 5.73 Å². The van der Waals surface area contributed by atoms with Crippen LogP contribution in [0.5, 0.6) is 0 Å². The maximum absolute atomic E-state index is 11.3. The van der Waals surface area contributed by atoms with Crippen LogP contribution in [0, 0.1) is 0 Å². The van der Waals surface area contributed by atoms with E-state index in [9.17, 15) is 9.90 Å². The molecule has 0 bridgehead atoms. The van der Waals surface area contributed by atoms with Crippen molar-refractivity contribution in [3.05, 3.63) is 30.3 Å².